The Morgan fingerprint density at radius 2 is 1.68 bits per heavy atom. The van der Waals surface area contributed by atoms with Crippen LogP contribution in [0.2, 0.25) is 0 Å². The van der Waals surface area contributed by atoms with Gasteiger partial charge in [0.05, 0.1) is 0 Å². The van der Waals surface area contributed by atoms with Crippen LogP contribution in [0.4, 0.5) is 14.9 Å². The topological polar surface area (TPSA) is 35.6 Å². The summed E-state index contributed by atoms with van der Waals surface area (Å²) in [4.78, 5) is 16.5. The lowest BCUT2D eigenvalue weighted by atomic mass is 10.1. The Hall–Kier alpha value is -2.56. The van der Waals surface area contributed by atoms with E-state index in [4.69, 9.17) is 0 Å². The summed E-state index contributed by atoms with van der Waals surface area (Å²) >= 11 is 0. The molecule has 1 aliphatic heterocycles. The lowest BCUT2D eigenvalue weighted by molar-refractivity contribution is 0.194. The lowest BCUT2D eigenvalue weighted by Crippen LogP contribution is -2.51. The summed E-state index contributed by atoms with van der Waals surface area (Å²) in [7, 11) is 0. The van der Waals surface area contributed by atoms with Crippen molar-refractivity contribution in [3.05, 3.63) is 65.0 Å². The molecule has 0 bridgehead atoms. The fourth-order valence-electron chi connectivity index (χ4n) is 2.98. The Morgan fingerprint density at radius 3 is 2.32 bits per heavy atom. The number of piperazine rings is 1. The van der Waals surface area contributed by atoms with E-state index in [0.717, 1.165) is 18.7 Å². The van der Waals surface area contributed by atoms with Crippen LogP contribution in [0.5, 0.6) is 0 Å². The minimum absolute atomic E-state index is 0.0657. The van der Waals surface area contributed by atoms with Gasteiger partial charge in [-0.15, -0.1) is 0 Å². The average Bonchev–Trinajstić information content (AvgIpc) is 2.63. The van der Waals surface area contributed by atoms with E-state index in [0.29, 0.717) is 19.6 Å². The highest BCUT2D eigenvalue weighted by molar-refractivity contribution is 5.74. The van der Waals surface area contributed by atoms with Crippen LogP contribution >= 0.6 is 0 Å². The van der Waals surface area contributed by atoms with Gasteiger partial charge in [0.2, 0.25) is 0 Å². The van der Waals surface area contributed by atoms with Gasteiger partial charge in [-0.25, -0.2) is 9.18 Å². The Kier molecular flexibility index (Phi) is 5.22. The number of amides is 2. The minimum atomic E-state index is -0.266. The van der Waals surface area contributed by atoms with E-state index >= 15 is 0 Å². The van der Waals surface area contributed by atoms with Crippen molar-refractivity contribution in [2.75, 3.05) is 31.1 Å². The normalized spacial score (nSPS) is 14.5. The Bertz CT molecular complexity index is 737. The van der Waals surface area contributed by atoms with E-state index < -0.39 is 0 Å². The summed E-state index contributed by atoms with van der Waals surface area (Å²) < 4.78 is 12.9. The molecule has 0 unspecified atom stereocenters. The number of carbonyl (C=O) groups excluding carboxylic acids is 1. The van der Waals surface area contributed by atoms with E-state index in [1.54, 1.807) is 12.1 Å². The van der Waals surface area contributed by atoms with Gasteiger partial charge in [-0.1, -0.05) is 18.2 Å². The van der Waals surface area contributed by atoms with E-state index in [-0.39, 0.29) is 11.8 Å². The summed E-state index contributed by atoms with van der Waals surface area (Å²) in [6.45, 7) is 7.69. The highest BCUT2D eigenvalue weighted by atomic mass is 19.1. The first-order valence-electron chi connectivity index (χ1n) is 8.62. The SMILES string of the molecule is Cc1ccc(N2CCN(C(=O)NCc3ccc(F)cc3)CC2)cc1C. The molecule has 1 heterocycles. The molecule has 0 spiro atoms. The van der Waals surface area contributed by atoms with E-state index in [1.165, 1.54) is 28.9 Å². The van der Waals surface area contributed by atoms with Gasteiger partial charge in [0.25, 0.3) is 0 Å². The molecule has 1 fully saturated rings. The summed E-state index contributed by atoms with van der Waals surface area (Å²) in [6, 6.07) is 12.6. The Balaban J connectivity index is 1.50. The number of carbonyl (C=O) groups is 1. The number of aryl methyl sites for hydroxylation is 2. The van der Waals surface area contributed by atoms with Crippen LogP contribution in [-0.2, 0) is 6.54 Å². The second kappa shape index (κ2) is 7.55. The molecule has 2 aromatic carbocycles. The monoisotopic (exact) mass is 341 g/mol. The number of urea groups is 1. The van der Waals surface area contributed by atoms with Crippen molar-refractivity contribution < 1.29 is 9.18 Å². The second-order valence-corrected chi connectivity index (χ2v) is 6.53. The summed E-state index contributed by atoms with van der Waals surface area (Å²) in [5.74, 6) is -0.266. The van der Waals surface area contributed by atoms with Gasteiger partial charge < -0.3 is 15.1 Å². The smallest absolute Gasteiger partial charge is 0.317 e. The van der Waals surface area contributed by atoms with Crippen molar-refractivity contribution in [1.29, 1.82) is 0 Å². The van der Waals surface area contributed by atoms with Gasteiger partial charge in [-0.2, -0.15) is 0 Å². The molecule has 25 heavy (non-hydrogen) atoms. The molecule has 3 rings (SSSR count). The zero-order valence-corrected chi connectivity index (χ0v) is 14.8. The van der Waals surface area contributed by atoms with Gasteiger partial charge in [0, 0.05) is 38.4 Å². The molecule has 0 atom stereocenters. The number of anilines is 1. The summed E-state index contributed by atoms with van der Waals surface area (Å²) in [5.41, 5.74) is 4.69. The predicted octanol–water partition coefficient (Wildman–Crippen LogP) is 3.47. The van der Waals surface area contributed by atoms with Crippen molar-refractivity contribution in [1.82, 2.24) is 10.2 Å². The van der Waals surface area contributed by atoms with Gasteiger partial charge >= 0.3 is 6.03 Å². The molecule has 4 nitrogen and oxygen atoms in total. The number of nitrogens with zero attached hydrogens (tertiary/aromatic N) is 2. The fraction of sp³-hybridized carbons (Fsp3) is 0.350. The Morgan fingerprint density at radius 1 is 1.00 bits per heavy atom. The fourth-order valence-corrected chi connectivity index (χ4v) is 2.98. The molecule has 132 valence electrons. The average molecular weight is 341 g/mol. The van der Waals surface area contributed by atoms with Crippen LogP contribution in [0.1, 0.15) is 16.7 Å². The van der Waals surface area contributed by atoms with Gasteiger partial charge in [-0.3, -0.25) is 0 Å². The number of rotatable bonds is 3. The molecule has 1 aliphatic rings. The number of nitrogens with one attached hydrogen (secondary N) is 1. The molecule has 0 aliphatic carbocycles. The van der Waals surface area contributed by atoms with Crippen LogP contribution in [-0.4, -0.2) is 37.1 Å². The highest BCUT2D eigenvalue weighted by Crippen LogP contribution is 2.20. The minimum Gasteiger partial charge on any atom is -0.368 e. The standard InChI is InChI=1S/C20H24FN3O/c1-15-3-8-19(13-16(15)2)23-9-11-24(12-10-23)20(25)22-14-17-4-6-18(21)7-5-17/h3-8,13H,9-12,14H2,1-2H3,(H,22,25). The lowest BCUT2D eigenvalue weighted by Gasteiger charge is -2.36. The second-order valence-electron chi connectivity index (χ2n) is 6.53. The first kappa shape index (κ1) is 17.3. The van der Waals surface area contributed by atoms with Gasteiger partial charge in [-0.05, 0) is 54.8 Å². The number of hydrogen-bond acceptors (Lipinski definition) is 2. The van der Waals surface area contributed by atoms with Crippen molar-refractivity contribution in [3.63, 3.8) is 0 Å². The van der Waals surface area contributed by atoms with Gasteiger partial charge in [0.15, 0.2) is 0 Å². The molecular formula is C20H24FN3O. The predicted molar refractivity (Wildman–Crippen MR) is 98.3 cm³/mol. The van der Waals surface area contributed by atoms with Crippen molar-refractivity contribution >= 4 is 11.7 Å². The van der Waals surface area contributed by atoms with Crippen LogP contribution in [0.25, 0.3) is 0 Å². The van der Waals surface area contributed by atoms with Crippen LogP contribution in [0.3, 0.4) is 0 Å². The first-order valence-corrected chi connectivity index (χ1v) is 8.62. The summed E-state index contributed by atoms with van der Waals surface area (Å²) in [6.07, 6.45) is 0. The molecule has 5 heteroatoms. The molecule has 1 saturated heterocycles. The Labute approximate surface area is 148 Å². The third-order valence-electron chi connectivity index (χ3n) is 4.78. The maximum atomic E-state index is 12.9. The largest absolute Gasteiger partial charge is 0.368 e. The molecule has 0 aromatic heterocycles. The molecule has 2 aromatic rings. The van der Waals surface area contributed by atoms with E-state index in [2.05, 4.69) is 42.3 Å². The zero-order chi connectivity index (χ0) is 17.8. The van der Waals surface area contributed by atoms with Crippen molar-refractivity contribution in [3.8, 4) is 0 Å². The molecule has 0 radical (unpaired) electrons. The summed E-state index contributed by atoms with van der Waals surface area (Å²) in [5, 5.41) is 2.91. The molecule has 1 N–H and O–H groups in total. The van der Waals surface area contributed by atoms with E-state index in [1.807, 2.05) is 4.90 Å². The highest BCUT2D eigenvalue weighted by Gasteiger charge is 2.21. The van der Waals surface area contributed by atoms with E-state index in [9.17, 15) is 9.18 Å². The number of halogens is 1. The zero-order valence-electron chi connectivity index (χ0n) is 14.8. The quantitative estimate of drug-likeness (QED) is 0.928. The maximum Gasteiger partial charge on any atom is 0.317 e. The van der Waals surface area contributed by atoms with Crippen LogP contribution < -0.4 is 10.2 Å². The van der Waals surface area contributed by atoms with Crippen LogP contribution in [0.15, 0.2) is 42.5 Å². The molecule has 0 saturated carbocycles. The third kappa shape index (κ3) is 4.29. The third-order valence-corrected chi connectivity index (χ3v) is 4.78. The first-order chi connectivity index (χ1) is 12.0. The molecule has 2 amide bonds. The number of benzene rings is 2. The van der Waals surface area contributed by atoms with Crippen LogP contribution in [0, 0.1) is 19.7 Å². The maximum absolute atomic E-state index is 12.9. The molecular weight excluding hydrogens is 317 g/mol. The van der Waals surface area contributed by atoms with Crippen molar-refractivity contribution in [2.45, 2.75) is 20.4 Å². The van der Waals surface area contributed by atoms with Crippen molar-refractivity contribution in [2.24, 2.45) is 0 Å². The van der Waals surface area contributed by atoms with Gasteiger partial charge in [0.1, 0.15) is 5.82 Å². The number of hydrogen-bond donors (Lipinski definition) is 1.